The molecule has 0 unspecified atom stereocenters. The molecule has 0 bridgehead atoms. The smallest absolute Gasteiger partial charge is 0.406 e. The molecule has 0 saturated carbocycles. The van der Waals surface area contributed by atoms with Gasteiger partial charge in [0.05, 0.1) is 11.6 Å². The highest BCUT2D eigenvalue weighted by Gasteiger charge is 2.47. The van der Waals surface area contributed by atoms with Crippen LogP contribution in [0.1, 0.15) is 39.9 Å². The summed E-state index contributed by atoms with van der Waals surface area (Å²) in [5.74, 6) is 0.728. The minimum absolute atomic E-state index is 0.0244. The zero-order valence-corrected chi connectivity index (χ0v) is 23.9. The average molecular weight is 611 g/mol. The third kappa shape index (κ3) is 6.54. The normalized spacial score (nSPS) is 19.4. The number of amidine groups is 1. The SMILES string of the molecule is Cc1cc(C(=O)N2CCSC2)ccc1CCS(=O)(=O)N1CCC2(CC1)N=C(c1cccc(OC(F)(F)F)c1)NC2=O. The summed E-state index contributed by atoms with van der Waals surface area (Å²) in [7, 11) is -3.64. The minimum Gasteiger partial charge on any atom is -0.406 e. The number of aryl methyl sites for hydroxylation is 2. The van der Waals surface area contributed by atoms with E-state index in [1.807, 2.05) is 6.92 Å². The lowest BCUT2D eigenvalue weighted by Crippen LogP contribution is -2.50. The van der Waals surface area contributed by atoms with E-state index in [1.54, 1.807) is 34.9 Å². The van der Waals surface area contributed by atoms with Gasteiger partial charge >= 0.3 is 6.36 Å². The molecule has 2 aromatic carbocycles. The van der Waals surface area contributed by atoms with Crippen LogP contribution in [0.25, 0.3) is 0 Å². The summed E-state index contributed by atoms with van der Waals surface area (Å²) in [6, 6.07) is 10.5. The van der Waals surface area contributed by atoms with E-state index in [0.717, 1.165) is 35.6 Å². The molecule has 3 aliphatic rings. The molecule has 0 atom stereocenters. The summed E-state index contributed by atoms with van der Waals surface area (Å²) in [4.78, 5) is 31.8. The number of rotatable bonds is 7. The lowest BCUT2D eigenvalue weighted by Gasteiger charge is -2.34. The van der Waals surface area contributed by atoms with Crippen molar-refractivity contribution in [3.63, 3.8) is 0 Å². The topological polar surface area (TPSA) is 108 Å². The summed E-state index contributed by atoms with van der Waals surface area (Å²) in [6.07, 6.45) is -4.29. The van der Waals surface area contributed by atoms with Gasteiger partial charge in [-0.3, -0.25) is 14.6 Å². The summed E-state index contributed by atoms with van der Waals surface area (Å²) in [6.45, 7) is 2.76. The largest absolute Gasteiger partial charge is 0.573 e. The van der Waals surface area contributed by atoms with Gasteiger partial charge < -0.3 is 15.0 Å². The Kier molecular flexibility index (Phi) is 8.09. The number of nitrogens with zero attached hydrogens (tertiary/aromatic N) is 3. The molecule has 0 aliphatic carbocycles. The Labute approximate surface area is 240 Å². The summed E-state index contributed by atoms with van der Waals surface area (Å²) < 4.78 is 69.5. The van der Waals surface area contributed by atoms with E-state index in [0.29, 0.717) is 11.4 Å². The predicted octanol–water partition coefficient (Wildman–Crippen LogP) is 3.32. The molecule has 2 fully saturated rings. The molecule has 3 aliphatic heterocycles. The fourth-order valence-corrected chi connectivity index (χ4v) is 7.62. The first-order chi connectivity index (χ1) is 19.4. The quantitative estimate of drug-likeness (QED) is 0.516. The molecular weight excluding hydrogens is 581 g/mol. The molecule has 5 rings (SSSR count). The Bertz CT molecular complexity index is 1480. The number of nitrogens with one attached hydrogen (secondary N) is 1. The number of carbonyl (C=O) groups is 2. The van der Waals surface area contributed by atoms with Gasteiger partial charge in [0, 0.05) is 36.5 Å². The van der Waals surface area contributed by atoms with Crippen LogP contribution in [-0.2, 0) is 21.2 Å². The van der Waals surface area contributed by atoms with E-state index in [2.05, 4.69) is 15.0 Å². The second kappa shape index (κ2) is 11.3. The lowest BCUT2D eigenvalue weighted by atomic mass is 9.89. The summed E-state index contributed by atoms with van der Waals surface area (Å²) >= 11 is 1.71. The van der Waals surface area contributed by atoms with Crippen molar-refractivity contribution in [2.75, 3.05) is 37.0 Å². The molecule has 9 nitrogen and oxygen atoms in total. The van der Waals surface area contributed by atoms with Crippen molar-refractivity contribution in [2.45, 2.75) is 38.1 Å². The van der Waals surface area contributed by atoms with Crippen LogP contribution in [-0.4, -0.2) is 84.2 Å². The third-order valence-corrected chi connectivity index (χ3v) is 10.4. The van der Waals surface area contributed by atoms with E-state index in [1.165, 1.54) is 16.4 Å². The van der Waals surface area contributed by atoms with Gasteiger partial charge in [0.1, 0.15) is 17.1 Å². The van der Waals surface area contributed by atoms with Gasteiger partial charge in [-0.15, -0.1) is 24.9 Å². The van der Waals surface area contributed by atoms with E-state index in [-0.39, 0.29) is 55.4 Å². The van der Waals surface area contributed by atoms with E-state index in [9.17, 15) is 31.2 Å². The highest BCUT2D eigenvalue weighted by atomic mass is 32.2. The van der Waals surface area contributed by atoms with Crippen molar-refractivity contribution in [3.05, 3.63) is 64.7 Å². The predicted molar refractivity (Wildman–Crippen MR) is 148 cm³/mol. The highest BCUT2D eigenvalue weighted by molar-refractivity contribution is 7.99. The Morgan fingerprint density at radius 1 is 1.15 bits per heavy atom. The monoisotopic (exact) mass is 610 g/mol. The molecule has 1 spiro atoms. The van der Waals surface area contributed by atoms with Crippen molar-refractivity contribution in [2.24, 2.45) is 4.99 Å². The molecule has 220 valence electrons. The number of sulfonamides is 1. The van der Waals surface area contributed by atoms with Crippen molar-refractivity contribution in [1.82, 2.24) is 14.5 Å². The fraction of sp³-hybridized carbons (Fsp3) is 0.444. The number of carbonyl (C=O) groups excluding carboxylic acids is 2. The van der Waals surface area contributed by atoms with Gasteiger partial charge in [-0.2, -0.15) is 0 Å². The van der Waals surface area contributed by atoms with Gasteiger partial charge in [0.2, 0.25) is 10.0 Å². The molecule has 2 saturated heterocycles. The maximum atomic E-state index is 13.2. The van der Waals surface area contributed by atoms with Gasteiger partial charge in [0.15, 0.2) is 0 Å². The molecule has 3 heterocycles. The standard InChI is InChI=1S/C27H29F3N4O5S2/c1-18-15-21(24(35)33-12-13-40-17-33)6-5-19(18)7-14-41(37,38)34-10-8-26(9-11-34)25(36)31-23(32-26)20-3-2-4-22(16-20)39-27(28,29)30/h2-6,15-16H,7-14,17H2,1H3,(H,31,32,36). The van der Waals surface area contributed by atoms with Crippen LogP contribution in [0.3, 0.4) is 0 Å². The molecule has 2 aromatic rings. The Balaban J connectivity index is 1.20. The van der Waals surface area contributed by atoms with Crippen LogP contribution in [0.2, 0.25) is 0 Å². The van der Waals surface area contributed by atoms with Gasteiger partial charge in [0.25, 0.3) is 11.8 Å². The van der Waals surface area contributed by atoms with E-state index >= 15 is 0 Å². The molecule has 2 amide bonds. The van der Waals surface area contributed by atoms with Crippen LogP contribution < -0.4 is 10.1 Å². The number of aliphatic imine (C=N–C) groups is 1. The zero-order chi connectivity index (χ0) is 29.4. The third-order valence-electron chi connectivity index (χ3n) is 7.52. The first-order valence-electron chi connectivity index (χ1n) is 13.1. The number of hydrogen-bond donors (Lipinski definition) is 1. The lowest BCUT2D eigenvalue weighted by molar-refractivity contribution is -0.274. The molecular formula is C27H29F3N4O5S2. The number of ether oxygens (including phenoxy) is 1. The van der Waals surface area contributed by atoms with Crippen molar-refractivity contribution in [3.8, 4) is 5.75 Å². The van der Waals surface area contributed by atoms with Crippen molar-refractivity contribution in [1.29, 1.82) is 0 Å². The summed E-state index contributed by atoms with van der Waals surface area (Å²) in [5.41, 5.74) is 1.36. The van der Waals surface area contributed by atoms with Crippen molar-refractivity contribution < 1.29 is 35.9 Å². The maximum Gasteiger partial charge on any atom is 0.573 e. The van der Waals surface area contributed by atoms with Crippen LogP contribution in [0.5, 0.6) is 5.75 Å². The van der Waals surface area contributed by atoms with Crippen molar-refractivity contribution >= 4 is 39.4 Å². The maximum absolute atomic E-state index is 13.2. The number of hydrogen-bond acceptors (Lipinski definition) is 7. The molecule has 41 heavy (non-hydrogen) atoms. The number of alkyl halides is 3. The Morgan fingerprint density at radius 2 is 1.90 bits per heavy atom. The Morgan fingerprint density at radius 3 is 2.56 bits per heavy atom. The van der Waals surface area contributed by atoms with E-state index < -0.39 is 33.6 Å². The molecule has 1 N–H and O–H groups in total. The van der Waals surface area contributed by atoms with Crippen LogP contribution >= 0.6 is 11.8 Å². The van der Waals surface area contributed by atoms with Gasteiger partial charge in [-0.25, -0.2) is 12.7 Å². The first-order valence-corrected chi connectivity index (χ1v) is 15.8. The molecule has 0 radical (unpaired) electrons. The highest BCUT2D eigenvalue weighted by Crippen LogP contribution is 2.33. The van der Waals surface area contributed by atoms with Gasteiger partial charge in [-0.1, -0.05) is 18.2 Å². The first kappa shape index (κ1) is 29.4. The second-order valence-corrected chi connectivity index (χ2v) is 13.4. The number of benzene rings is 2. The summed E-state index contributed by atoms with van der Waals surface area (Å²) in [5, 5.41) is 2.64. The van der Waals surface area contributed by atoms with Crippen LogP contribution in [0.4, 0.5) is 13.2 Å². The van der Waals surface area contributed by atoms with Crippen LogP contribution in [0, 0.1) is 6.92 Å². The number of amides is 2. The van der Waals surface area contributed by atoms with Crippen LogP contribution in [0.15, 0.2) is 47.5 Å². The molecule has 14 heteroatoms. The molecule has 0 aromatic heterocycles. The average Bonchev–Trinajstić information content (AvgIpc) is 3.56. The zero-order valence-electron chi connectivity index (χ0n) is 22.2. The minimum atomic E-state index is -4.85. The number of piperidine rings is 1. The number of thioether (sulfide) groups is 1. The van der Waals surface area contributed by atoms with Gasteiger partial charge in [-0.05, 0) is 61.6 Å². The van der Waals surface area contributed by atoms with E-state index in [4.69, 9.17) is 0 Å². The second-order valence-electron chi connectivity index (χ2n) is 10.2. The number of halogens is 3. The Hall–Kier alpha value is -3.10. The fourth-order valence-electron chi connectivity index (χ4n) is 5.20.